The van der Waals surface area contributed by atoms with Crippen molar-refractivity contribution in [1.29, 1.82) is 0 Å². The zero-order chi connectivity index (χ0) is 21.3. The molecule has 2 unspecified atom stereocenters. The molecule has 0 aliphatic carbocycles. The van der Waals surface area contributed by atoms with E-state index in [0.717, 1.165) is 15.9 Å². The molecule has 2 aromatic heterocycles. The van der Waals surface area contributed by atoms with E-state index in [2.05, 4.69) is 79.9 Å². The van der Waals surface area contributed by atoms with E-state index >= 15 is 0 Å². The van der Waals surface area contributed by atoms with Crippen LogP contribution in [0, 0.1) is 13.8 Å². The van der Waals surface area contributed by atoms with Gasteiger partial charge in [0.15, 0.2) is 5.11 Å². The molecule has 156 valence electrons. The largest absolute Gasteiger partial charge is 0.396 e. The molecule has 0 radical (unpaired) electrons. The summed E-state index contributed by atoms with van der Waals surface area (Å²) in [6.45, 7) is 5.12. The molecule has 0 bridgehead atoms. The number of aryl methyl sites for hydroxylation is 1. The second kappa shape index (κ2) is 8.88. The summed E-state index contributed by atoms with van der Waals surface area (Å²) < 4.78 is 3.34. The lowest BCUT2D eigenvalue weighted by atomic mass is 9.96. The van der Waals surface area contributed by atoms with Crippen LogP contribution in [0.5, 0.6) is 0 Å². The number of rotatable bonds is 6. The van der Waals surface area contributed by atoms with Gasteiger partial charge >= 0.3 is 0 Å². The van der Waals surface area contributed by atoms with Gasteiger partial charge in [-0.1, -0.05) is 22.0 Å². The van der Waals surface area contributed by atoms with Crippen LogP contribution in [0.3, 0.4) is 0 Å². The fourth-order valence-electron chi connectivity index (χ4n) is 4.30. The molecule has 0 amide bonds. The fraction of sp³-hybridized carbons (Fsp3) is 0.304. The van der Waals surface area contributed by atoms with Gasteiger partial charge in [-0.15, -0.1) is 0 Å². The molecule has 4 rings (SSSR count). The van der Waals surface area contributed by atoms with Crippen LogP contribution in [-0.2, 0) is 0 Å². The number of pyridine rings is 1. The molecule has 0 spiro atoms. The predicted molar refractivity (Wildman–Crippen MR) is 127 cm³/mol. The summed E-state index contributed by atoms with van der Waals surface area (Å²) in [4.78, 5) is 6.80. The van der Waals surface area contributed by atoms with E-state index in [9.17, 15) is 5.11 Å². The molecular formula is C23H25BrN4OS. The van der Waals surface area contributed by atoms with Crippen LogP contribution < -0.4 is 5.32 Å². The number of aliphatic hydroxyl groups excluding tert-OH is 1. The Morgan fingerprint density at radius 3 is 2.60 bits per heavy atom. The third-order valence-corrected chi connectivity index (χ3v) is 6.51. The summed E-state index contributed by atoms with van der Waals surface area (Å²) in [6.07, 6.45) is 2.48. The number of hydrogen-bond acceptors (Lipinski definition) is 3. The first-order valence-electron chi connectivity index (χ1n) is 10.0. The molecule has 0 saturated carbocycles. The summed E-state index contributed by atoms with van der Waals surface area (Å²) >= 11 is 9.21. The zero-order valence-electron chi connectivity index (χ0n) is 17.0. The molecule has 2 N–H and O–H groups in total. The minimum absolute atomic E-state index is 0.00866. The second-order valence-corrected chi connectivity index (χ2v) is 8.84. The van der Waals surface area contributed by atoms with Crippen molar-refractivity contribution >= 4 is 33.3 Å². The highest BCUT2D eigenvalue weighted by Gasteiger charge is 2.41. The molecule has 3 heterocycles. The van der Waals surface area contributed by atoms with Crippen molar-refractivity contribution in [2.24, 2.45) is 0 Å². The van der Waals surface area contributed by atoms with Crippen molar-refractivity contribution in [3.05, 3.63) is 81.8 Å². The molecule has 1 aromatic carbocycles. The molecule has 7 heteroatoms. The van der Waals surface area contributed by atoms with Crippen LogP contribution >= 0.6 is 28.1 Å². The Labute approximate surface area is 190 Å². The van der Waals surface area contributed by atoms with Gasteiger partial charge in [0.1, 0.15) is 0 Å². The first-order chi connectivity index (χ1) is 14.5. The quantitative estimate of drug-likeness (QED) is 0.500. The van der Waals surface area contributed by atoms with Crippen LogP contribution in [0.2, 0.25) is 0 Å². The lowest BCUT2D eigenvalue weighted by molar-refractivity contribution is 0.247. The Hall–Kier alpha value is -2.22. The highest BCUT2D eigenvalue weighted by molar-refractivity contribution is 9.10. The lowest BCUT2D eigenvalue weighted by Gasteiger charge is -2.28. The number of thiocarbonyl (C=S) groups is 1. The van der Waals surface area contributed by atoms with Gasteiger partial charge in [0, 0.05) is 40.9 Å². The number of nitrogens with zero attached hydrogens (tertiary/aromatic N) is 3. The Balaban J connectivity index is 1.81. The zero-order valence-corrected chi connectivity index (χ0v) is 19.4. The monoisotopic (exact) mass is 484 g/mol. The first kappa shape index (κ1) is 21.0. The van der Waals surface area contributed by atoms with Gasteiger partial charge in [-0.3, -0.25) is 4.98 Å². The van der Waals surface area contributed by atoms with Gasteiger partial charge in [-0.25, -0.2) is 0 Å². The molecule has 3 aromatic rings. The maximum absolute atomic E-state index is 9.42. The molecule has 1 aliphatic heterocycles. The Kier molecular flexibility index (Phi) is 6.22. The van der Waals surface area contributed by atoms with Crippen molar-refractivity contribution in [1.82, 2.24) is 19.8 Å². The summed E-state index contributed by atoms with van der Waals surface area (Å²) in [5.74, 6) is 0. The van der Waals surface area contributed by atoms with Crippen molar-refractivity contribution < 1.29 is 5.11 Å². The van der Waals surface area contributed by atoms with E-state index in [-0.39, 0.29) is 18.7 Å². The second-order valence-electron chi connectivity index (χ2n) is 7.54. The third-order valence-electron chi connectivity index (χ3n) is 5.63. The van der Waals surface area contributed by atoms with Crippen LogP contribution in [0.4, 0.5) is 0 Å². The molecule has 1 saturated heterocycles. The minimum Gasteiger partial charge on any atom is -0.396 e. The van der Waals surface area contributed by atoms with Crippen LogP contribution in [-0.4, -0.2) is 37.8 Å². The molecule has 2 atom stereocenters. The minimum atomic E-state index is -0.0451. The summed E-state index contributed by atoms with van der Waals surface area (Å²) in [5.41, 5.74) is 5.66. The summed E-state index contributed by atoms with van der Waals surface area (Å²) in [7, 11) is 0. The summed E-state index contributed by atoms with van der Waals surface area (Å²) in [5, 5.41) is 13.6. The number of hydrogen-bond donors (Lipinski definition) is 2. The first-order valence-corrected chi connectivity index (χ1v) is 11.2. The molecule has 30 heavy (non-hydrogen) atoms. The molecular weight excluding hydrogens is 460 g/mol. The van der Waals surface area contributed by atoms with Crippen LogP contribution in [0.15, 0.2) is 59.2 Å². The maximum Gasteiger partial charge on any atom is 0.170 e. The normalized spacial score (nSPS) is 18.7. The average molecular weight is 485 g/mol. The van der Waals surface area contributed by atoms with Crippen LogP contribution in [0.25, 0.3) is 5.69 Å². The standard InChI is InChI=1S/C23H25BrN4OS/c1-15-14-19(16(2)28(15)18-9-7-17(24)8-10-18)22-21(20-6-3-4-11-25-20)26-23(30)27(22)12-5-13-29/h3-4,6-11,14,21-22,29H,5,12-13H2,1-2H3,(H,26,30). The fourth-order valence-corrected chi connectivity index (χ4v) is 4.90. The maximum atomic E-state index is 9.42. The Bertz CT molecular complexity index is 1040. The molecule has 5 nitrogen and oxygen atoms in total. The van der Waals surface area contributed by atoms with Crippen molar-refractivity contribution in [2.45, 2.75) is 32.4 Å². The summed E-state index contributed by atoms with van der Waals surface area (Å²) in [6, 6.07) is 16.5. The van der Waals surface area contributed by atoms with E-state index in [1.807, 2.05) is 24.4 Å². The molecule has 1 fully saturated rings. The number of aromatic nitrogens is 2. The van der Waals surface area contributed by atoms with Gasteiger partial charge in [-0.05, 0) is 80.5 Å². The molecule has 1 aliphatic rings. The smallest absolute Gasteiger partial charge is 0.170 e. The van der Waals surface area contributed by atoms with E-state index in [1.54, 1.807) is 0 Å². The van der Waals surface area contributed by atoms with E-state index in [4.69, 9.17) is 12.2 Å². The number of halogens is 1. The third kappa shape index (κ3) is 3.89. The lowest BCUT2D eigenvalue weighted by Crippen LogP contribution is -2.31. The number of benzene rings is 1. The van der Waals surface area contributed by atoms with E-state index in [0.29, 0.717) is 18.1 Å². The van der Waals surface area contributed by atoms with Gasteiger partial charge in [0.25, 0.3) is 0 Å². The number of aliphatic hydroxyl groups is 1. The van der Waals surface area contributed by atoms with E-state index < -0.39 is 0 Å². The van der Waals surface area contributed by atoms with Gasteiger partial charge < -0.3 is 19.9 Å². The highest BCUT2D eigenvalue weighted by atomic mass is 79.9. The predicted octanol–water partition coefficient (Wildman–Crippen LogP) is 4.61. The van der Waals surface area contributed by atoms with Gasteiger partial charge in [0.05, 0.1) is 17.8 Å². The highest BCUT2D eigenvalue weighted by Crippen LogP contribution is 2.41. The Morgan fingerprint density at radius 1 is 1.17 bits per heavy atom. The van der Waals surface area contributed by atoms with Crippen LogP contribution in [0.1, 0.15) is 41.1 Å². The topological polar surface area (TPSA) is 53.3 Å². The van der Waals surface area contributed by atoms with Crippen molar-refractivity contribution in [3.63, 3.8) is 0 Å². The van der Waals surface area contributed by atoms with Gasteiger partial charge in [0.2, 0.25) is 0 Å². The van der Waals surface area contributed by atoms with E-state index in [1.165, 1.54) is 17.0 Å². The van der Waals surface area contributed by atoms with Crippen molar-refractivity contribution in [2.75, 3.05) is 13.2 Å². The average Bonchev–Trinajstić information content (AvgIpc) is 3.23. The SMILES string of the molecule is Cc1cc(C2C(c3ccccn3)NC(=S)N2CCCO)c(C)n1-c1ccc(Br)cc1. The number of nitrogens with one attached hydrogen (secondary N) is 1. The van der Waals surface area contributed by atoms with Crippen molar-refractivity contribution in [3.8, 4) is 5.69 Å². The Morgan fingerprint density at radius 2 is 1.93 bits per heavy atom. The van der Waals surface area contributed by atoms with Gasteiger partial charge in [-0.2, -0.15) is 0 Å².